The van der Waals surface area contributed by atoms with Gasteiger partial charge in [0.25, 0.3) is 0 Å². The molecule has 102 valence electrons. The second-order valence-electron chi connectivity index (χ2n) is 5.00. The van der Waals surface area contributed by atoms with Gasteiger partial charge in [-0.15, -0.1) is 11.8 Å². The lowest BCUT2D eigenvalue weighted by Crippen LogP contribution is -2.35. The molecule has 17 heavy (non-hydrogen) atoms. The first kappa shape index (κ1) is 16.8. The molecule has 0 aliphatic carbocycles. The summed E-state index contributed by atoms with van der Waals surface area (Å²) < 4.78 is 37.2. The van der Waals surface area contributed by atoms with Gasteiger partial charge in [-0.3, -0.25) is 0 Å². The van der Waals surface area contributed by atoms with E-state index >= 15 is 0 Å². The van der Waals surface area contributed by atoms with Crippen LogP contribution in [0.15, 0.2) is 11.0 Å². The molecule has 0 fully saturated rings. The van der Waals surface area contributed by atoms with E-state index in [4.69, 9.17) is 0 Å². The molecule has 1 nitrogen and oxygen atoms in total. The zero-order chi connectivity index (χ0) is 13.9. The molecule has 0 aromatic rings. The van der Waals surface area contributed by atoms with E-state index in [9.17, 15) is 18.3 Å². The van der Waals surface area contributed by atoms with Crippen LogP contribution in [-0.2, 0) is 0 Å². The smallest absolute Gasteiger partial charge is 0.383 e. The Balaban J connectivity index is 4.91. The summed E-state index contributed by atoms with van der Waals surface area (Å²) >= 11 is 1.38. The second-order valence-corrected chi connectivity index (χ2v) is 6.90. The van der Waals surface area contributed by atoms with Crippen molar-refractivity contribution in [1.82, 2.24) is 0 Å². The molecule has 0 amide bonds. The molecule has 0 aliphatic heterocycles. The number of hydrogen-bond donors (Lipinski definition) is 1. The van der Waals surface area contributed by atoms with E-state index in [0.29, 0.717) is 11.3 Å². The summed E-state index contributed by atoms with van der Waals surface area (Å²) in [6.45, 7) is 9.10. The Kier molecular flexibility index (Phi) is 6.08. The van der Waals surface area contributed by atoms with E-state index in [-0.39, 0.29) is 4.75 Å². The van der Waals surface area contributed by atoms with Crippen molar-refractivity contribution in [2.75, 3.05) is 0 Å². The quantitative estimate of drug-likeness (QED) is 0.818. The number of rotatable bonds is 4. The normalized spacial score (nSPS) is 18.1. The first-order chi connectivity index (χ1) is 7.49. The molecule has 0 saturated carbocycles. The van der Waals surface area contributed by atoms with Crippen LogP contribution < -0.4 is 0 Å². The van der Waals surface area contributed by atoms with Gasteiger partial charge in [0.1, 0.15) is 0 Å². The Morgan fingerprint density at radius 2 is 1.76 bits per heavy atom. The fourth-order valence-corrected chi connectivity index (χ4v) is 2.59. The number of thioether (sulfide) groups is 1. The lowest BCUT2D eigenvalue weighted by atomic mass is 10.0. The van der Waals surface area contributed by atoms with Crippen LogP contribution in [0.2, 0.25) is 0 Å². The number of aliphatic hydroxyl groups is 1. The summed E-state index contributed by atoms with van der Waals surface area (Å²) in [5, 5.41) is 9.27. The lowest BCUT2D eigenvalue weighted by Gasteiger charge is -2.28. The molecule has 2 atom stereocenters. The Hall–Kier alpha value is -0.160. The predicted octanol–water partition coefficient (Wildman–Crippen LogP) is 4.37. The van der Waals surface area contributed by atoms with E-state index in [1.165, 1.54) is 18.7 Å². The fraction of sp³-hybridized carbons (Fsp3) is 0.833. The van der Waals surface area contributed by atoms with Gasteiger partial charge < -0.3 is 5.11 Å². The van der Waals surface area contributed by atoms with Gasteiger partial charge in [-0.05, 0) is 11.3 Å². The van der Waals surface area contributed by atoms with Gasteiger partial charge in [0.05, 0.1) is 0 Å². The van der Waals surface area contributed by atoms with E-state index < -0.39 is 18.2 Å². The van der Waals surface area contributed by atoms with Crippen LogP contribution in [0.5, 0.6) is 0 Å². The van der Waals surface area contributed by atoms with Crippen LogP contribution >= 0.6 is 11.8 Å². The average Bonchev–Trinajstić information content (AvgIpc) is 2.11. The highest BCUT2D eigenvalue weighted by Gasteiger charge is 2.43. The van der Waals surface area contributed by atoms with E-state index in [0.717, 1.165) is 0 Å². The highest BCUT2D eigenvalue weighted by Crippen LogP contribution is 2.40. The molecule has 0 aliphatic rings. The van der Waals surface area contributed by atoms with E-state index in [1.807, 2.05) is 27.7 Å². The van der Waals surface area contributed by atoms with Crippen molar-refractivity contribution in [3.05, 3.63) is 11.0 Å². The molecule has 5 heteroatoms. The third-order valence-electron chi connectivity index (χ3n) is 2.09. The van der Waals surface area contributed by atoms with E-state index in [2.05, 4.69) is 0 Å². The maximum Gasteiger partial charge on any atom is 0.414 e. The first-order valence-corrected chi connectivity index (χ1v) is 6.44. The third kappa shape index (κ3) is 6.36. The largest absolute Gasteiger partial charge is 0.414 e. The number of alkyl halides is 3. The third-order valence-corrected chi connectivity index (χ3v) is 3.47. The summed E-state index contributed by atoms with van der Waals surface area (Å²) in [7, 11) is 0. The maximum atomic E-state index is 12.4. The van der Waals surface area contributed by atoms with Crippen molar-refractivity contribution in [3.63, 3.8) is 0 Å². The molecule has 0 aromatic heterocycles. The van der Waals surface area contributed by atoms with Gasteiger partial charge in [-0.25, -0.2) is 0 Å². The molecule has 0 aromatic carbocycles. The summed E-state index contributed by atoms with van der Waals surface area (Å²) in [5.41, 5.74) is 0. The molecule has 1 N–H and O–H groups in total. The number of allylic oxidation sites excluding steroid dienone is 1. The molecule has 0 bridgehead atoms. The monoisotopic (exact) mass is 270 g/mol. The van der Waals surface area contributed by atoms with Gasteiger partial charge in [0.15, 0.2) is 6.10 Å². The topological polar surface area (TPSA) is 20.2 Å². The van der Waals surface area contributed by atoms with Crippen molar-refractivity contribution >= 4 is 11.8 Å². The van der Waals surface area contributed by atoms with Crippen LogP contribution in [0, 0.1) is 5.92 Å². The molecule has 0 heterocycles. The van der Waals surface area contributed by atoms with Gasteiger partial charge in [0.2, 0.25) is 0 Å². The van der Waals surface area contributed by atoms with Crippen LogP contribution in [0.1, 0.15) is 41.0 Å². The molecular weight excluding hydrogens is 249 g/mol. The fourth-order valence-electron chi connectivity index (χ4n) is 1.31. The van der Waals surface area contributed by atoms with Gasteiger partial charge in [0, 0.05) is 10.7 Å². The SMILES string of the molecule is CC/C=C(\SC(C)(C)C)[C@@H](C)[C@@H](O)C(F)(F)F. The number of aliphatic hydroxyl groups excluding tert-OH is 1. The summed E-state index contributed by atoms with van der Waals surface area (Å²) in [4.78, 5) is 0.602. The van der Waals surface area contributed by atoms with Crippen molar-refractivity contribution in [2.24, 2.45) is 5.92 Å². The Labute approximate surface area is 105 Å². The second kappa shape index (κ2) is 6.14. The molecule has 0 spiro atoms. The average molecular weight is 270 g/mol. The first-order valence-electron chi connectivity index (χ1n) is 5.63. The summed E-state index contributed by atoms with van der Waals surface area (Å²) in [5.74, 6) is -0.917. The molecular formula is C12H21F3OS. The van der Waals surface area contributed by atoms with Gasteiger partial charge in [-0.1, -0.05) is 40.7 Å². The van der Waals surface area contributed by atoms with Crippen molar-refractivity contribution in [3.8, 4) is 0 Å². The highest BCUT2D eigenvalue weighted by atomic mass is 32.2. The minimum atomic E-state index is -4.56. The number of halogens is 3. The Bertz CT molecular complexity index is 266. The van der Waals surface area contributed by atoms with Crippen LogP contribution in [-0.4, -0.2) is 22.1 Å². The Morgan fingerprint density at radius 1 is 1.29 bits per heavy atom. The zero-order valence-corrected chi connectivity index (χ0v) is 11.7. The van der Waals surface area contributed by atoms with Gasteiger partial charge in [-0.2, -0.15) is 13.2 Å². The highest BCUT2D eigenvalue weighted by molar-refractivity contribution is 8.04. The standard InChI is InChI=1S/C12H21F3OS/c1-6-7-9(17-11(3,4)5)8(2)10(16)12(13,14)15/h7-8,10,16H,6H2,1-5H3/b9-7-/t8-,10-/m1/s1. The lowest BCUT2D eigenvalue weighted by molar-refractivity contribution is -0.213. The van der Waals surface area contributed by atoms with Crippen LogP contribution in [0.4, 0.5) is 13.2 Å². The van der Waals surface area contributed by atoms with E-state index in [1.54, 1.807) is 6.08 Å². The minimum Gasteiger partial charge on any atom is -0.383 e. The molecule has 0 saturated heterocycles. The minimum absolute atomic E-state index is 0.166. The molecule has 0 radical (unpaired) electrons. The Morgan fingerprint density at radius 3 is 2.06 bits per heavy atom. The van der Waals surface area contributed by atoms with Crippen molar-refractivity contribution in [1.29, 1.82) is 0 Å². The van der Waals surface area contributed by atoms with Crippen LogP contribution in [0.25, 0.3) is 0 Å². The van der Waals surface area contributed by atoms with Crippen molar-refractivity contribution in [2.45, 2.75) is 58.1 Å². The summed E-state index contributed by atoms with van der Waals surface area (Å²) in [6, 6.07) is 0. The zero-order valence-electron chi connectivity index (χ0n) is 10.9. The van der Waals surface area contributed by atoms with Crippen LogP contribution in [0.3, 0.4) is 0 Å². The molecule has 0 unspecified atom stereocenters. The summed E-state index contributed by atoms with van der Waals surface area (Å²) in [6.07, 6.45) is -4.44. The van der Waals surface area contributed by atoms with Gasteiger partial charge >= 0.3 is 6.18 Å². The number of hydrogen-bond acceptors (Lipinski definition) is 2. The maximum absolute atomic E-state index is 12.4. The molecule has 0 rings (SSSR count). The van der Waals surface area contributed by atoms with Crippen molar-refractivity contribution < 1.29 is 18.3 Å². The predicted molar refractivity (Wildman–Crippen MR) is 66.9 cm³/mol.